The van der Waals surface area contributed by atoms with Crippen molar-refractivity contribution in [2.45, 2.75) is 24.4 Å². The third-order valence-corrected chi connectivity index (χ3v) is 7.61. The summed E-state index contributed by atoms with van der Waals surface area (Å²) in [4.78, 5) is 45.3. The molecule has 3 aliphatic heterocycles. The number of likely N-dealkylation sites (tertiary alicyclic amines) is 1. The van der Waals surface area contributed by atoms with Gasteiger partial charge in [0.05, 0.1) is 11.8 Å². The maximum atomic E-state index is 14.4. The van der Waals surface area contributed by atoms with E-state index in [4.69, 9.17) is 4.74 Å². The van der Waals surface area contributed by atoms with E-state index in [1.165, 1.54) is 23.1 Å². The van der Waals surface area contributed by atoms with Crippen molar-refractivity contribution in [1.82, 2.24) is 15.2 Å². The van der Waals surface area contributed by atoms with Crippen molar-refractivity contribution in [3.63, 3.8) is 0 Å². The first kappa shape index (κ1) is 21.9. The van der Waals surface area contributed by atoms with Crippen LogP contribution in [0.3, 0.4) is 0 Å². The molecule has 2 fully saturated rings. The number of halogens is 1. The number of carbonyl (C=O) groups excluding carboxylic acids is 3. The van der Waals surface area contributed by atoms with Gasteiger partial charge in [-0.05, 0) is 42.7 Å². The van der Waals surface area contributed by atoms with Crippen molar-refractivity contribution in [3.05, 3.63) is 65.6 Å². The van der Waals surface area contributed by atoms with Gasteiger partial charge in [0.15, 0.2) is 0 Å². The van der Waals surface area contributed by atoms with Gasteiger partial charge in [-0.3, -0.25) is 24.6 Å². The molecule has 3 N–H and O–H groups in total. The minimum atomic E-state index is -1.51. The van der Waals surface area contributed by atoms with Gasteiger partial charge >= 0.3 is 0 Å². The molecule has 4 heterocycles. The van der Waals surface area contributed by atoms with Crippen LogP contribution in [-0.2, 0) is 31.1 Å². The molecule has 0 bridgehead atoms. The molecule has 0 aliphatic carbocycles. The molecule has 8 nitrogen and oxygen atoms in total. The van der Waals surface area contributed by atoms with E-state index in [9.17, 15) is 18.8 Å². The lowest BCUT2D eigenvalue weighted by molar-refractivity contribution is -0.143. The first-order chi connectivity index (χ1) is 17.0. The standard InChI is InChI=1S/C26H25FN4O4/c1-35-10-4-9-31-23(32)21-20(11-14-13-28-18-6-3-2-5-16(14)18)30-26(22(21)24(31)33)17-12-15(27)7-8-19(17)29-25(26)34/h2-3,5-8,12-13,20-22,28,30H,4,9-11H2,1H3,(H,29,34)/t20?,21-,22+,26?/m1/s1. The predicted octanol–water partition coefficient (Wildman–Crippen LogP) is 2.31. The van der Waals surface area contributed by atoms with E-state index in [0.717, 1.165) is 16.5 Å². The molecule has 9 heteroatoms. The number of para-hydroxylation sites is 1. The maximum absolute atomic E-state index is 14.4. The number of ether oxygens (including phenoxy) is 1. The molecule has 2 unspecified atom stereocenters. The number of carbonyl (C=O) groups is 3. The third-order valence-electron chi connectivity index (χ3n) is 7.61. The Hall–Kier alpha value is -3.56. The molecular weight excluding hydrogens is 451 g/mol. The number of rotatable bonds is 6. The van der Waals surface area contributed by atoms with Crippen molar-refractivity contribution in [1.29, 1.82) is 0 Å². The van der Waals surface area contributed by atoms with Crippen LogP contribution in [0.1, 0.15) is 17.5 Å². The summed E-state index contributed by atoms with van der Waals surface area (Å²) in [5.74, 6) is -3.36. The number of H-pyrrole nitrogens is 1. The van der Waals surface area contributed by atoms with Gasteiger partial charge in [0.2, 0.25) is 17.7 Å². The quantitative estimate of drug-likeness (QED) is 0.374. The number of amides is 3. The lowest BCUT2D eigenvalue weighted by atomic mass is 9.76. The zero-order chi connectivity index (χ0) is 24.3. The molecular formula is C26H25FN4O4. The molecule has 2 saturated heterocycles. The largest absolute Gasteiger partial charge is 0.385 e. The number of hydrogen-bond acceptors (Lipinski definition) is 5. The Morgan fingerprint density at radius 3 is 2.77 bits per heavy atom. The van der Waals surface area contributed by atoms with Crippen molar-refractivity contribution in [3.8, 4) is 0 Å². The van der Waals surface area contributed by atoms with Gasteiger partial charge in [-0.2, -0.15) is 0 Å². The van der Waals surface area contributed by atoms with Crippen LogP contribution in [0.15, 0.2) is 48.7 Å². The van der Waals surface area contributed by atoms with E-state index in [-0.39, 0.29) is 12.5 Å². The predicted molar refractivity (Wildman–Crippen MR) is 126 cm³/mol. The molecule has 35 heavy (non-hydrogen) atoms. The number of aromatic amines is 1. The van der Waals surface area contributed by atoms with Gasteiger partial charge in [-0.25, -0.2) is 4.39 Å². The van der Waals surface area contributed by atoms with Crippen LogP contribution in [0.2, 0.25) is 0 Å². The normalized spacial score (nSPS) is 27.2. The number of fused-ring (bicyclic) bond motifs is 5. The van der Waals surface area contributed by atoms with Gasteiger partial charge in [0, 0.05) is 54.7 Å². The number of imide groups is 1. The lowest BCUT2D eigenvalue weighted by Gasteiger charge is -2.29. The van der Waals surface area contributed by atoms with Crippen LogP contribution in [0, 0.1) is 17.7 Å². The van der Waals surface area contributed by atoms with Crippen molar-refractivity contribution < 1.29 is 23.5 Å². The van der Waals surface area contributed by atoms with Crippen LogP contribution in [0.4, 0.5) is 10.1 Å². The van der Waals surface area contributed by atoms with Crippen molar-refractivity contribution >= 4 is 34.3 Å². The van der Waals surface area contributed by atoms with E-state index in [2.05, 4.69) is 15.6 Å². The van der Waals surface area contributed by atoms with Crippen molar-refractivity contribution in [2.75, 3.05) is 25.6 Å². The Morgan fingerprint density at radius 2 is 1.94 bits per heavy atom. The van der Waals surface area contributed by atoms with E-state index in [0.29, 0.717) is 30.7 Å². The number of aromatic nitrogens is 1. The average Bonchev–Trinajstić information content (AvgIpc) is 3.55. The molecule has 2 aromatic carbocycles. The zero-order valence-electron chi connectivity index (χ0n) is 19.1. The van der Waals surface area contributed by atoms with Gasteiger partial charge < -0.3 is 15.0 Å². The molecule has 180 valence electrons. The SMILES string of the molecule is COCCCN1C(=O)[C@@H]2C(Cc3c[nH]c4ccccc34)NC3(C(=O)Nc4ccc(F)cc43)[C@@H]2C1=O. The van der Waals surface area contributed by atoms with E-state index >= 15 is 0 Å². The monoisotopic (exact) mass is 476 g/mol. The summed E-state index contributed by atoms with van der Waals surface area (Å²) in [7, 11) is 1.56. The highest BCUT2D eigenvalue weighted by atomic mass is 19.1. The Morgan fingerprint density at radius 1 is 1.11 bits per heavy atom. The zero-order valence-corrected chi connectivity index (χ0v) is 19.1. The second-order valence-electron chi connectivity index (χ2n) is 9.44. The molecule has 3 amide bonds. The Kier molecular flexibility index (Phi) is 5.01. The fraction of sp³-hybridized carbons (Fsp3) is 0.346. The Bertz CT molecular complexity index is 1370. The van der Waals surface area contributed by atoms with Crippen LogP contribution >= 0.6 is 0 Å². The molecule has 0 saturated carbocycles. The minimum Gasteiger partial charge on any atom is -0.385 e. The van der Waals surface area contributed by atoms with Gasteiger partial charge in [-0.15, -0.1) is 0 Å². The highest BCUT2D eigenvalue weighted by molar-refractivity contribution is 6.15. The van der Waals surface area contributed by atoms with E-state index in [1.807, 2.05) is 30.5 Å². The Labute approximate surface area is 200 Å². The van der Waals surface area contributed by atoms with E-state index in [1.54, 1.807) is 7.11 Å². The maximum Gasteiger partial charge on any atom is 0.250 e. The molecule has 4 atom stereocenters. The summed E-state index contributed by atoms with van der Waals surface area (Å²) in [6.45, 7) is 0.620. The summed E-state index contributed by atoms with van der Waals surface area (Å²) >= 11 is 0. The van der Waals surface area contributed by atoms with Crippen molar-refractivity contribution in [2.24, 2.45) is 11.8 Å². The summed E-state index contributed by atoms with van der Waals surface area (Å²) in [6, 6.07) is 11.4. The molecule has 1 aromatic heterocycles. The number of hydrogen-bond donors (Lipinski definition) is 3. The first-order valence-corrected chi connectivity index (χ1v) is 11.7. The molecule has 1 spiro atoms. The average molecular weight is 477 g/mol. The van der Waals surface area contributed by atoms with Gasteiger partial charge in [0.25, 0.3) is 0 Å². The smallest absolute Gasteiger partial charge is 0.250 e. The Balaban J connectivity index is 1.45. The van der Waals surface area contributed by atoms with Crippen LogP contribution < -0.4 is 10.6 Å². The summed E-state index contributed by atoms with van der Waals surface area (Å²) in [6.07, 6.45) is 2.82. The second kappa shape index (κ2) is 8.00. The topological polar surface area (TPSA) is 104 Å². The molecule has 6 rings (SSSR count). The second-order valence-corrected chi connectivity index (χ2v) is 9.44. The highest BCUT2D eigenvalue weighted by Crippen LogP contribution is 2.53. The number of nitrogens with zero attached hydrogens (tertiary/aromatic N) is 1. The number of nitrogens with one attached hydrogen (secondary N) is 3. The van der Waals surface area contributed by atoms with Crippen LogP contribution in [-0.4, -0.2) is 53.9 Å². The number of benzene rings is 2. The number of anilines is 1. The lowest BCUT2D eigenvalue weighted by Crippen LogP contribution is -2.53. The molecule has 0 radical (unpaired) electrons. The highest BCUT2D eigenvalue weighted by Gasteiger charge is 2.70. The summed E-state index contributed by atoms with van der Waals surface area (Å²) in [5, 5.41) is 7.19. The third kappa shape index (κ3) is 3.08. The fourth-order valence-corrected chi connectivity index (χ4v) is 6.13. The summed E-state index contributed by atoms with van der Waals surface area (Å²) in [5.41, 5.74) is 1.26. The summed E-state index contributed by atoms with van der Waals surface area (Å²) < 4.78 is 19.5. The van der Waals surface area contributed by atoms with E-state index < -0.39 is 41.0 Å². The van der Waals surface area contributed by atoms with Crippen LogP contribution in [0.5, 0.6) is 0 Å². The fourth-order valence-electron chi connectivity index (χ4n) is 6.13. The number of methoxy groups -OCH3 is 1. The first-order valence-electron chi connectivity index (χ1n) is 11.7. The van der Waals surface area contributed by atoms with Gasteiger partial charge in [0.1, 0.15) is 11.4 Å². The van der Waals surface area contributed by atoms with Gasteiger partial charge in [-0.1, -0.05) is 18.2 Å². The minimum absolute atomic E-state index is 0.214. The van der Waals surface area contributed by atoms with Crippen LogP contribution in [0.25, 0.3) is 10.9 Å². The molecule has 3 aliphatic rings. The molecule has 3 aromatic rings.